The topological polar surface area (TPSA) is 12.0 Å². The van der Waals surface area contributed by atoms with Gasteiger partial charge in [-0.1, -0.05) is 20.3 Å². The Kier molecular flexibility index (Phi) is 6.50. The summed E-state index contributed by atoms with van der Waals surface area (Å²) in [7, 11) is 0. The summed E-state index contributed by atoms with van der Waals surface area (Å²) in [6.45, 7) is 6.47. The third-order valence-electron chi connectivity index (χ3n) is 2.29. The average molecular weight is 241 g/mol. The van der Waals surface area contributed by atoms with Crippen LogP contribution in [0.15, 0.2) is 29.2 Å². The fraction of sp³-hybridized carbons (Fsp3) is 0.538. The van der Waals surface area contributed by atoms with E-state index in [1.807, 2.05) is 12.1 Å². The van der Waals surface area contributed by atoms with E-state index in [1.165, 1.54) is 25.0 Å². The number of halogens is 1. The lowest BCUT2D eigenvalue weighted by molar-refractivity contribution is 0.626. The third kappa shape index (κ3) is 5.52. The highest BCUT2D eigenvalue weighted by Crippen LogP contribution is 2.22. The Hall–Kier alpha value is -0.540. The molecule has 0 saturated carbocycles. The molecule has 0 aliphatic carbocycles. The van der Waals surface area contributed by atoms with Crippen LogP contribution in [0.1, 0.15) is 26.7 Å². The Morgan fingerprint density at radius 3 is 2.62 bits per heavy atom. The van der Waals surface area contributed by atoms with Crippen molar-refractivity contribution in [2.24, 2.45) is 0 Å². The minimum atomic E-state index is -0.168. The molecular weight excluding hydrogens is 221 g/mol. The van der Waals surface area contributed by atoms with Crippen LogP contribution in [-0.4, -0.2) is 18.3 Å². The molecule has 0 aromatic heterocycles. The van der Waals surface area contributed by atoms with Crippen LogP contribution >= 0.6 is 11.8 Å². The molecule has 0 spiro atoms. The van der Waals surface area contributed by atoms with Gasteiger partial charge in [0.25, 0.3) is 0 Å². The van der Waals surface area contributed by atoms with Gasteiger partial charge in [-0.3, -0.25) is 0 Å². The molecule has 1 N–H and O–H groups in total. The summed E-state index contributed by atoms with van der Waals surface area (Å²) in [5, 5.41) is 3.94. The van der Waals surface area contributed by atoms with E-state index in [1.54, 1.807) is 11.8 Å². The highest BCUT2D eigenvalue weighted by molar-refractivity contribution is 8.00. The van der Waals surface area contributed by atoms with Crippen molar-refractivity contribution in [3.63, 3.8) is 0 Å². The van der Waals surface area contributed by atoms with Crippen LogP contribution in [0.2, 0.25) is 0 Å². The molecular formula is C13H20FNS. The second-order valence-electron chi connectivity index (χ2n) is 3.94. The molecule has 16 heavy (non-hydrogen) atoms. The summed E-state index contributed by atoms with van der Waals surface area (Å²) in [5.41, 5.74) is 0. The van der Waals surface area contributed by atoms with E-state index in [9.17, 15) is 4.39 Å². The molecule has 0 radical (unpaired) electrons. The number of hydrogen-bond acceptors (Lipinski definition) is 2. The Morgan fingerprint density at radius 1 is 1.31 bits per heavy atom. The van der Waals surface area contributed by atoms with E-state index in [0.717, 1.165) is 18.0 Å². The van der Waals surface area contributed by atoms with Gasteiger partial charge < -0.3 is 5.32 Å². The predicted octanol–water partition coefficient (Wildman–Crippen LogP) is 3.70. The fourth-order valence-corrected chi connectivity index (χ4v) is 2.35. The smallest absolute Gasteiger partial charge is 0.123 e. The van der Waals surface area contributed by atoms with Gasteiger partial charge in [-0.05, 0) is 37.2 Å². The molecule has 90 valence electrons. The Balaban J connectivity index is 2.23. The molecule has 1 unspecified atom stereocenters. The zero-order chi connectivity index (χ0) is 11.8. The summed E-state index contributed by atoms with van der Waals surface area (Å²) < 4.78 is 12.7. The molecule has 0 aliphatic rings. The van der Waals surface area contributed by atoms with Gasteiger partial charge in [0.05, 0.1) is 0 Å². The van der Waals surface area contributed by atoms with Crippen molar-refractivity contribution in [2.75, 3.05) is 13.1 Å². The maximum Gasteiger partial charge on any atom is 0.123 e. The minimum Gasteiger partial charge on any atom is -0.316 e. The number of thioether (sulfide) groups is 1. The molecule has 0 saturated heterocycles. The van der Waals surface area contributed by atoms with Crippen molar-refractivity contribution in [3.05, 3.63) is 30.1 Å². The van der Waals surface area contributed by atoms with Gasteiger partial charge in [-0.15, -0.1) is 11.8 Å². The molecule has 3 heteroatoms. The first kappa shape index (κ1) is 13.5. The summed E-state index contributed by atoms with van der Waals surface area (Å²) >= 11 is 1.78. The van der Waals surface area contributed by atoms with E-state index >= 15 is 0 Å². The lowest BCUT2D eigenvalue weighted by Gasteiger charge is -2.12. The van der Waals surface area contributed by atoms with Crippen LogP contribution in [0.4, 0.5) is 4.39 Å². The highest BCUT2D eigenvalue weighted by atomic mass is 32.2. The largest absolute Gasteiger partial charge is 0.316 e. The maximum atomic E-state index is 12.7. The zero-order valence-corrected chi connectivity index (χ0v) is 10.8. The summed E-state index contributed by atoms with van der Waals surface area (Å²) in [6, 6.07) is 6.70. The van der Waals surface area contributed by atoms with Crippen LogP contribution in [0.5, 0.6) is 0 Å². The quantitative estimate of drug-likeness (QED) is 0.577. The van der Waals surface area contributed by atoms with Crippen molar-refractivity contribution < 1.29 is 4.39 Å². The Bertz CT molecular complexity index is 286. The van der Waals surface area contributed by atoms with Crippen molar-refractivity contribution in [3.8, 4) is 0 Å². The van der Waals surface area contributed by atoms with Crippen molar-refractivity contribution in [2.45, 2.75) is 36.8 Å². The highest BCUT2D eigenvalue weighted by Gasteiger charge is 2.03. The van der Waals surface area contributed by atoms with E-state index < -0.39 is 0 Å². The van der Waals surface area contributed by atoms with Crippen molar-refractivity contribution in [1.82, 2.24) is 5.32 Å². The minimum absolute atomic E-state index is 0.168. The first-order chi connectivity index (χ1) is 7.72. The fourth-order valence-electron chi connectivity index (χ4n) is 1.39. The van der Waals surface area contributed by atoms with Crippen molar-refractivity contribution >= 4 is 11.8 Å². The molecule has 1 rings (SSSR count). The number of unbranched alkanes of at least 4 members (excludes halogenated alkanes) is 1. The van der Waals surface area contributed by atoms with Gasteiger partial charge in [0, 0.05) is 16.7 Å². The first-order valence-corrected chi connectivity index (χ1v) is 6.73. The second-order valence-corrected chi connectivity index (χ2v) is 5.45. The summed E-state index contributed by atoms with van der Waals surface area (Å²) in [6.07, 6.45) is 2.46. The van der Waals surface area contributed by atoms with Gasteiger partial charge in [0.2, 0.25) is 0 Å². The molecule has 0 fully saturated rings. The van der Waals surface area contributed by atoms with Crippen LogP contribution in [0, 0.1) is 5.82 Å². The summed E-state index contributed by atoms with van der Waals surface area (Å²) in [5.74, 6) is -0.168. The van der Waals surface area contributed by atoms with Crippen LogP contribution in [0.3, 0.4) is 0 Å². The van der Waals surface area contributed by atoms with Crippen LogP contribution < -0.4 is 5.32 Å². The van der Waals surface area contributed by atoms with E-state index in [2.05, 4.69) is 19.2 Å². The van der Waals surface area contributed by atoms with E-state index in [4.69, 9.17) is 0 Å². The standard InChI is InChI=1S/C13H20FNS/c1-3-4-9-15-10-11(2)16-13-7-5-12(14)6-8-13/h5-8,11,15H,3-4,9-10H2,1-2H3. The van der Waals surface area contributed by atoms with E-state index in [-0.39, 0.29) is 5.82 Å². The predicted molar refractivity (Wildman–Crippen MR) is 69.5 cm³/mol. The number of hydrogen-bond donors (Lipinski definition) is 1. The molecule has 1 aromatic rings. The van der Waals surface area contributed by atoms with Crippen LogP contribution in [0.25, 0.3) is 0 Å². The molecule has 0 heterocycles. The molecule has 1 atom stereocenters. The van der Waals surface area contributed by atoms with Crippen LogP contribution in [-0.2, 0) is 0 Å². The molecule has 0 amide bonds. The Labute approximate surface area is 102 Å². The molecule has 1 aromatic carbocycles. The molecule has 1 nitrogen and oxygen atoms in total. The Morgan fingerprint density at radius 2 is 2.00 bits per heavy atom. The second kappa shape index (κ2) is 7.69. The molecule has 0 bridgehead atoms. The summed E-state index contributed by atoms with van der Waals surface area (Å²) in [4.78, 5) is 1.13. The lowest BCUT2D eigenvalue weighted by atomic mass is 10.3. The molecule has 0 aliphatic heterocycles. The number of rotatable bonds is 7. The van der Waals surface area contributed by atoms with Gasteiger partial charge in [-0.2, -0.15) is 0 Å². The van der Waals surface area contributed by atoms with Crippen molar-refractivity contribution in [1.29, 1.82) is 0 Å². The SMILES string of the molecule is CCCCNCC(C)Sc1ccc(F)cc1. The van der Waals surface area contributed by atoms with Gasteiger partial charge in [-0.25, -0.2) is 4.39 Å². The number of benzene rings is 1. The first-order valence-electron chi connectivity index (χ1n) is 5.85. The van der Waals surface area contributed by atoms with Gasteiger partial charge in [0.1, 0.15) is 5.82 Å². The average Bonchev–Trinajstić information content (AvgIpc) is 2.28. The van der Waals surface area contributed by atoms with E-state index in [0.29, 0.717) is 5.25 Å². The van der Waals surface area contributed by atoms with Gasteiger partial charge >= 0.3 is 0 Å². The normalized spacial score (nSPS) is 12.7. The zero-order valence-electron chi connectivity index (χ0n) is 10.0. The lowest BCUT2D eigenvalue weighted by Crippen LogP contribution is -2.23. The maximum absolute atomic E-state index is 12.7. The number of nitrogens with one attached hydrogen (secondary N) is 1. The monoisotopic (exact) mass is 241 g/mol. The van der Waals surface area contributed by atoms with Gasteiger partial charge in [0.15, 0.2) is 0 Å². The third-order valence-corrected chi connectivity index (χ3v) is 3.40.